The minimum Gasteiger partial charge on any atom is -0.436 e. The van der Waals surface area contributed by atoms with Crippen molar-refractivity contribution in [3.05, 3.63) is 11.6 Å². The molecule has 3 aliphatic rings. The van der Waals surface area contributed by atoms with Crippen LogP contribution in [0.4, 0.5) is 0 Å². The maximum atomic E-state index is 11.9. The van der Waals surface area contributed by atoms with E-state index >= 15 is 0 Å². The molecule has 2 aliphatic carbocycles. The van der Waals surface area contributed by atoms with Crippen LogP contribution in [0.15, 0.2) is 11.6 Å². The Balaban J connectivity index is 1.58. The van der Waals surface area contributed by atoms with Crippen molar-refractivity contribution in [1.82, 2.24) is 0 Å². The Morgan fingerprint density at radius 2 is 2.40 bits per heavy atom. The van der Waals surface area contributed by atoms with Crippen molar-refractivity contribution >= 4 is 5.97 Å². The molecule has 2 bridgehead atoms. The van der Waals surface area contributed by atoms with E-state index < -0.39 is 0 Å². The Morgan fingerprint density at radius 1 is 1.47 bits per heavy atom. The van der Waals surface area contributed by atoms with E-state index in [0.29, 0.717) is 5.92 Å². The molecule has 1 aliphatic heterocycles. The largest absolute Gasteiger partial charge is 0.436 e. The summed E-state index contributed by atoms with van der Waals surface area (Å²) in [6.45, 7) is 0.733. The highest BCUT2D eigenvalue weighted by Gasteiger charge is 2.40. The summed E-state index contributed by atoms with van der Waals surface area (Å²) < 4.78 is 10.7. The maximum absolute atomic E-state index is 11.9. The van der Waals surface area contributed by atoms with Crippen LogP contribution in [0.5, 0.6) is 0 Å². The number of carbonyl (C=O) groups is 1. The van der Waals surface area contributed by atoms with Gasteiger partial charge in [0.25, 0.3) is 0 Å². The summed E-state index contributed by atoms with van der Waals surface area (Å²) in [6, 6.07) is 0. The average molecular weight is 208 g/mol. The third-order valence-electron chi connectivity index (χ3n) is 3.72. The van der Waals surface area contributed by atoms with E-state index in [1.807, 2.05) is 0 Å². The Kier molecular flexibility index (Phi) is 2.28. The Morgan fingerprint density at radius 3 is 3.00 bits per heavy atom. The standard InChI is InChI=1S/C12H16O3/c13-12(15-11-2-1-5-14-11)10-7-8-3-4-9(10)6-8/h3,9-11H,1-2,4-7H2. The third kappa shape index (κ3) is 1.69. The minimum atomic E-state index is -0.259. The number of rotatable bonds is 2. The van der Waals surface area contributed by atoms with Crippen LogP contribution in [-0.4, -0.2) is 18.9 Å². The lowest BCUT2D eigenvalue weighted by Crippen LogP contribution is -2.26. The summed E-state index contributed by atoms with van der Waals surface area (Å²) in [7, 11) is 0. The first-order valence-electron chi connectivity index (χ1n) is 5.83. The van der Waals surface area contributed by atoms with E-state index in [9.17, 15) is 4.79 Å². The fourth-order valence-electron chi connectivity index (χ4n) is 2.88. The second-order valence-electron chi connectivity index (χ2n) is 4.75. The van der Waals surface area contributed by atoms with E-state index in [-0.39, 0.29) is 18.2 Å². The molecule has 82 valence electrons. The molecule has 0 aromatic carbocycles. The van der Waals surface area contributed by atoms with Gasteiger partial charge in [0.2, 0.25) is 6.29 Å². The number of allylic oxidation sites excluding steroid dienone is 2. The molecule has 3 rings (SSSR count). The average Bonchev–Trinajstić information content (AvgIpc) is 2.93. The van der Waals surface area contributed by atoms with Gasteiger partial charge in [-0.2, -0.15) is 0 Å². The van der Waals surface area contributed by atoms with Gasteiger partial charge in [-0.1, -0.05) is 11.6 Å². The van der Waals surface area contributed by atoms with Gasteiger partial charge in [0.1, 0.15) is 0 Å². The first kappa shape index (κ1) is 9.40. The number of hydrogen-bond donors (Lipinski definition) is 0. The molecule has 3 nitrogen and oxygen atoms in total. The van der Waals surface area contributed by atoms with Gasteiger partial charge < -0.3 is 9.47 Å². The summed E-state index contributed by atoms with van der Waals surface area (Å²) >= 11 is 0. The van der Waals surface area contributed by atoms with Crippen molar-refractivity contribution in [2.24, 2.45) is 11.8 Å². The van der Waals surface area contributed by atoms with Crippen LogP contribution in [0.25, 0.3) is 0 Å². The highest BCUT2D eigenvalue weighted by Crippen LogP contribution is 2.44. The van der Waals surface area contributed by atoms with E-state index in [0.717, 1.165) is 38.7 Å². The molecule has 0 spiro atoms. The molecule has 3 atom stereocenters. The number of fused-ring (bicyclic) bond motifs is 2. The molecule has 0 radical (unpaired) electrons. The Bertz CT molecular complexity index is 302. The number of hydrogen-bond acceptors (Lipinski definition) is 3. The Labute approximate surface area is 89.4 Å². The zero-order chi connectivity index (χ0) is 10.3. The molecule has 3 heteroatoms. The number of esters is 1. The molecule has 0 amide bonds. The number of carbonyl (C=O) groups excluding carboxylic acids is 1. The van der Waals surface area contributed by atoms with Crippen molar-refractivity contribution in [2.75, 3.05) is 6.61 Å². The van der Waals surface area contributed by atoms with Crippen molar-refractivity contribution < 1.29 is 14.3 Å². The predicted octanol–water partition coefficient (Wildman–Crippen LogP) is 2.02. The molecule has 1 saturated heterocycles. The summed E-state index contributed by atoms with van der Waals surface area (Å²) in [5, 5.41) is 0. The predicted molar refractivity (Wildman–Crippen MR) is 54.0 cm³/mol. The zero-order valence-corrected chi connectivity index (χ0v) is 8.78. The summed E-state index contributed by atoms with van der Waals surface area (Å²) in [5.74, 6) is 0.609. The monoisotopic (exact) mass is 208 g/mol. The van der Waals surface area contributed by atoms with Gasteiger partial charge in [-0.3, -0.25) is 4.79 Å². The van der Waals surface area contributed by atoms with Crippen LogP contribution in [-0.2, 0) is 14.3 Å². The summed E-state index contributed by atoms with van der Waals surface area (Å²) in [6.07, 6.45) is 7.01. The van der Waals surface area contributed by atoms with Gasteiger partial charge in [-0.15, -0.1) is 0 Å². The van der Waals surface area contributed by atoms with Crippen molar-refractivity contribution in [3.8, 4) is 0 Å². The van der Waals surface area contributed by atoms with Crippen LogP contribution in [0.1, 0.15) is 32.1 Å². The smallest absolute Gasteiger partial charge is 0.311 e. The van der Waals surface area contributed by atoms with Gasteiger partial charge in [0, 0.05) is 6.42 Å². The van der Waals surface area contributed by atoms with E-state index in [1.165, 1.54) is 5.57 Å². The highest BCUT2D eigenvalue weighted by molar-refractivity contribution is 5.74. The molecule has 1 heterocycles. The minimum absolute atomic E-state index is 0.0324. The maximum Gasteiger partial charge on any atom is 0.311 e. The number of ether oxygens (including phenoxy) is 2. The van der Waals surface area contributed by atoms with Gasteiger partial charge in [-0.25, -0.2) is 0 Å². The van der Waals surface area contributed by atoms with Crippen molar-refractivity contribution in [3.63, 3.8) is 0 Å². The topological polar surface area (TPSA) is 35.5 Å². The van der Waals surface area contributed by atoms with Gasteiger partial charge >= 0.3 is 5.97 Å². The van der Waals surface area contributed by atoms with E-state index in [4.69, 9.17) is 9.47 Å². The zero-order valence-electron chi connectivity index (χ0n) is 8.78. The van der Waals surface area contributed by atoms with Gasteiger partial charge in [-0.05, 0) is 31.6 Å². The molecular formula is C12H16O3. The van der Waals surface area contributed by atoms with Crippen molar-refractivity contribution in [2.45, 2.75) is 38.4 Å². The van der Waals surface area contributed by atoms with Crippen LogP contribution in [0.3, 0.4) is 0 Å². The van der Waals surface area contributed by atoms with Crippen LogP contribution in [0.2, 0.25) is 0 Å². The lowest BCUT2D eigenvalue weighted by atomic mass is 9.92. The molecule has 1 saturated carbocycles. The van der Waals surface area contributed by atoms with Gasteiger partial charge in [0.05, 0.1) is 12.5 Å². The lowest BCUT2D eigenvalue weighted by molar-refractivity contribution is -0.175. The molecule has 0 N–H and O–H groups in total. The first-order chi connectivity index (χ1) is 7.33. The van der Waals surface area contributed by atoms with Gasteiger partial charge in [0.15, 0.2) is 0 Å². The van der Waals surface area contributed by atoms with E-state index in [2.05, 4.69) is 6.08 Å². The Hall–Kier alpha value is -0.830. The van der Waals surface area contributed by atoms with Crippen LogP contribution < -0.4 is 0 Å². The third-order valence-corrected chi connectivity index (χ3v) is 3.72. The molecule has 0 aromatic rings. The van der Waals surface area contributed by atoms with Crippen molar-refractivity contribution in [1.29, 1.82) is 0 Å². The summed E-state index contributed by atoms with van der Waals surface area (Å²) in [5.41, 5.74) is 1.45. The van der Waals surface area contributed by atoms with E-state index in [1.54, 1.807) is 0 Å². The second kappa shape index (κ2) is 3.63. The fourth-order valence-corrected chi connectivity index (χ4v) is 2.88. The summed E-state index contributed by atoms with van der Waals surface area (Å²) in [4.78, 5) is 11.9. The molecule has 3 unspecified atom stereocenters. The van der Waals surface area contributed by atoms with Crippen LogP contribution >= 0.6 is 0 Å². The normalized spacial score (nSPS) is 38.1. The highest BCUT2D eigenvalue weighted by atomic mass is 16.7. The molecule has 15 heavy (non-hydrogen) atoms. The lowest BCUT2D eigenvalue weighted by Gasteiger charge is -2.19. The quantitative estimate of drug-likeness (QED) is 0.514. The molecular weight excluding hydrogens is 192 g/mol. The molecule has 0 aromatic heterocycles. The first-order valence-corrected chi connectivity index (χ1v) is 5.83. The second-order valence-corrected chi connectivity index (χ2v) is 4.75. The SMILES string of the molecule is O=C(OC1CCCO1)C1CC2=CCC1C2. The fraction of sp³-hybridized carbons (Fsp3) is 0.750. The molecule has 2 fully saturated rings. The van der Waals surface area contributed by atoms with Crippen LogP contribution in [0, 0.1) is 11.8 Å².